The van der Waals surface area contributed by atoms with Crippen LogP contribution < -0.4 is 0 Å². The summed E-state index contributed by atoms with van der Waals surface area (Å²) in [6, 6.07) is 3.20. The molecular formula is C14H16N4O3S. The van der Waals surface area contributed by atoms with Gasteiger partial charge in [-0.05, 0) is 19.1 Å². The van der Waals surface area contributed by atoms with Crippen molar-refractivity contribution in [1.29, 1.82) is 0 Å². The molecule has 2 aromatic heterocycles. The Morgan fingerprint density at radius 2 is 2.23 bits per heavy atom. The normalized spacial score (nSPS) is 18.6. The van der Waals surface area contributed by atoms with Crippen LogP contribution in [0, 0.1) is 6.92 Å². The Labute approximate surface area is 131 Å². The van der Waals surface area contributed by atoms with Gasteiger partial charge in [0.25, 0.3) is 5.91 Å². The highest BCUT2D eigenvalue weighted by atomic mass is 32.2. The summed E-state index contributed by atoms with van der Waals surface area (Å²) in [6.45, 7) is 2.39. The second-order valence-corrected chi connectivity index (χ2v) is 6.37. The number of amides is 1. The van der Waals surface area contributed by atoms with E-state index in [0.29, 0.717) is 29.3 Å². The summed E-state index contributed by atoms with van der Waals surface area (Å²) in [5, 5.41) is 17.0. The SMILES string of the molecule is Cc1nnc2ccc(C(=O)N3CCSCC3CC(=O)O)cn12. The van der Waals surface area contributed by atoms with Crippen LogP contribution >= 0.6 is 11.8 Å². The van der Waals surface area contributed by atoms with Crippen LogP contribution in [0.1, 0.15) is 22.6 Å². The molecule has 1 amide bonds. The molecule has 22 heavy (non-hydrogen) atoms. The molecule has 0 saturated carbocycles. The monoisotopic (exact) mass is 320 g/mol. The summed E-state index contributed by atoms with van der Waals surface area (Å²) in [4.78, 5) is 25.4. The number of hydrogen-bond acceptors (Lipinski definition) is 5. The number of aromatic nitrogens is 3. The summed E-state index contributed by atoms with van der Waals surface area (Å²) in [6.07, 6.45) is 1.69. The molecule has 1 aliphatic heterocycles. The molecule has 0 radical (unpaired) electrons. The number of carbonyl (C=O) groups excluding carboxylic acids is 1. The van der Waals surface area contributed by atoms with Gasteiger partial charge in [0.1, 0.15) is 5.82 Å². The van der Waals surface area contributed by atoms with Crippen molar-refractivity contribution < 1.29 is 14.7 Å². The third-order valence-corrected chi connectivity index (χ3v) is 4.81. The Bertz CT molecular complexity index is 730. The molecular weight excluding hydrogens is 304 g/mol. The van der Waals surface area contributed by atoms with E-state index in [1.807, 2.05) is 6.92 Å². The lowest BCUT2D eigenvalue weighted by atomic mass is 10.1. The van der Waals surface area contributed by atoms with Crippen molar-refractivity contribution in [1.82, 2.24) is 19.5 Å². The molecule has 2 aromatic rings. The summed E-state index contributed by atoms with van der Waals surface area (Å²) >= 11 is 1.69. The van der Waals surface area contributed by atoms with Gasteiger partial charge in [-0.15, -0.1) is 10.2 Å². The highest BCUT2D eigenvalue weighted by Crippen LogP contribution is 2.21. The van der Waals surface area contributed by atoms with Crippen molar-refractivity contribution in [2.75, 3.05) is 18.1 Å². The van der Waals surface area contributed by atoms with E-state index >= 15 is 0 Å². The predicted molar refractivity (Wildman–Crippen MR) is 82.1 cm³/mol. The topological polar surface area (TPSA) is 87.8 Å². The number of thioether (sulfide) groups is 1. The third-order valence-electron chi connectivity index (χ3n) is 3.72. The fourth-order valence-corrected chi connectivity index (χ4v) is 3.65. The first-order valence-electron chi connectivity index (χ1n) is 6.98. The van der Waals surface area contributed by atoms with Crippen LogP contribution in [0.25, 0.3) is 5.65 Å². The number of carboxylic acids is 1. The van der Waals surface area contributed by atoms with Crippen molar-refractivity contribution in [3.8, 4) is 0 Å². The summed E-state index contributed by atoms with van der Waals surface area (Å²) in [7, 11) is 0. The molecule has 1 N–H and O–H groups in total. The lowest BCUT2D eigenvalue weighted by molar-refractivity contribution is -0.138. The van der Waals surface area contributed by atoms with Gasteiger partial charge in [-0.3, -0.25) is 14.0 Å². The highest BCUT2D eigenvalue weighted by molar-refractivity contribution is 7.99. The molecule has 1 atom stereocenters. The van der Waals surface area contributed by atoms with Gasteiger partial charge in [0.15, 0.2) is 5.65 Å². The van der Waals surface area contributed by atoms with Gasteiger partial charge in [-0.1, -0.05) is 0 Å². The number of aliphatic carboxylic acids is 1. The molecule has 1 unspecified atom stereocenters. The van der Waals surface area contributed by atoms with E-state index in [1.54, 1.807) is 39.4 Å². The molecule has 7 nitrogen and oxygen atoms in total. The Morgan fingerprint density at radius 3 is 3.00 bits per heavy atom. The van der Waals surface area contributed by atoms with Crippen LogP contribution in [0.5, 0.6) is 0 Å². The van der Waals surface area contributed by atoms with Gasteiger partial charge in [0, 0.05) is 24.2 Å². The zero-order chi connectivity index (χ0) is 15.7. The second kappa shape index (κ2) is 5.96. The average Bonchev–Trinajstić information content (AvgIpc) is 2.87. The van der Waals surface area contributed by atoms with E-state index in [9.17, 15) is 9.59 Å². The first kappa shape index (κ1) is 14.8. The molecule has 1 aliphatic rings. The fourth-order valence-electron chi connectivity index (χ4n) is 2.59. The summed E-state index contributed by atoms with van der Waals surface area (Å²) in [5.74, 6) is 1.18. The zero-order valence-electron chi connectivity index (χ0n) is 12.1. The molecule has 3 heterocycles. The fraction of sp³-hybridized carbons (Fsp3) is 0.429. The number of hydrogen-bond donors (Lipinski definition) is 1. The number of nitrogens with zero attached hydrogens (tertiary/aromatic N) is 4. The Balaban J connectivity index is 1.89. The highest BCUT2D eigenvalue weighted by Gasteiger charge is 2.29. The quantitative estimate of drug-likeness (QED) is 0.910. The lowest BCUT2D eigenvalue weighted by Gasteiger charge is -2.34. The van der Waals surface area contributed by atoms with Gasteiger partial charge >= 0.3 is 5.97 Å². The Hall–Kier alpha value is -2.09. The van der Waals surface area contributed by atoms with Gasteiger partial charge in [0.2, 0.25) is 0 Å². The van der Waals surface area contributed by atoms with Gasteiger partial charge < -0.3 is 10.0 Å². The van der Waals surface area contributed by atoms with Crippen LogP contribution in [0.2, 0.25) is 0 Å². The van der Waals surface area contributed by atoms with Crippen molar-refractivity contribution >= 4 is 29.3 Å². The molecule has 0 aliphatic carbocycles. The maximum absolute atomic E-state index is 12.7. The maximum Gasteiger partial charge on any atom is 0.305 e. The van der Waals surface area contributed by atoms with E-state index in [4.69, 9.17) is 5.11 Å². The Kier molecular flexibility index (Phi) is 4.02. The first-order chi connectivity index (χ1) is 10.6. The number of pyridine rings is 1. The maximum atomic E-state index is 12.7. The van der Waals surface area contributed by atoms with Gasteiger partial charge in [0.05, 0.1) is 18.0 Å². The van der Waals surface area contributed by atoms with Gasteiger partial charge in [-0.2, -0.15) is 11.8 Å². The minimum atomic E-state index is -0.879. The minimum Gasteiger partial charge on any atom is -0.481 e. The summed E-state index contributed by atoms with van der Waals surface area (Å²) in [5.41, 5.74) is 1.21. The van der Waals surface area contributed by atoms with E-state index in [-0.39, 0.29) is 18.4 Å². The van der Waals surface area contributed by atoms with Crippen molar-refractivity contribution in [3.63, 3.8) is 0 Å². The van der Waals surface area contributed by atoms with Crippen molar-refractivity contribution in [3.05, 3.63) is 29.7 Å². The molecule has 8 heteroatoms. The number of carbonyl (C=O) groups is 2. The van der Waals surface area contributed by atoms with E-state index in [2.05, 4.69) is 10.2 Å². The van der Waals surface area contributed by atoms with Crippen LogP contribution in [-0.4, -0.2) is 60.6 Å². The van der Waals surface area contributed by atoms with Crippen LogP contribution in [-0.2, 0) is 4.79 Å². The molecule has 0 bridgehead atoms. The first-order valence-corrected chi connectivity index (χ1v) is 8.13. The predicted octanol–water partition coefficient (Wildman–Crippen LogP) is 1.07. The average molecular weight is 320 g/mol. The number of rotatable bonds is 3. The van der Waals surface area contributed by atoms with E-state index < -0.39 is 5.97 Å². The Morgan fingerprint density at radius 1 is 1.41 bits per heavy atom. The molecule has 1 fully saturated rings. The largest absolute Gasteiger partial charge is 0.481 e. The number of carboxylic acid groups (broad SMARTS) is 1. The van der Waals surface area contributed by atoms with Crippen LogP contribution in [0.3, 0.4) is 0 Å². The smallest absolute Gasteiger partial charge is 0.305 e. The summed E-state index contributed by atoms with van der Waals surface area (Å²) < 4.78 is 1.76. The number of fused-ring (bicyclic) bond motifs is 1. The standard InChI is InChI=1S/C14H16N4O3S/c1-9-15-16-12-3-2-10(7-18(9)12)14(21)17-4-5-22-8-11(17)6-13(19)20/h2-3,7,11H,4-6,8H2,1H3,(H,19,20). The van der Waals surface area contributed by atoms with E-state index in [1.165, 1.54) is 0 Å². The third kappa shape index (κ3) is 2.78. The molecule has 3 rings (SSSR count). The lowest BCUT2D eigenvalue weighted by Crippen LogP contribution is -2.47. The second-order valence-electron chi connectivity index (χ2n) is 5.22. The number of aryl methyl sites for hydroxylation is 1. The van der Waals surface area contributed by atoms with Crippen LogP contribution in [0.4, 0.5) is 0 Å². The molecule has 116 valence electrons. The zero-order valence-corrected chi connectivity index (χ0v) is 12.9. The molecule has 0 aromatic carbocycles. The van der Waals surface area contributed by atoms with Gasteiger partial charge in [-0.25, -0.2) is 0 Å². The van der Waals surface area contributed by atoms with E-state index in [0.717, 1.165) is 5.75 Å². The minimum absolute atomic E-state index is 0.0212. The van der Waals surface area contributed by atoms with Crippen molar-refractivity contribution in [2.24, 2.45) is 0 Å². The van der Waals surface area contributed by atoms with Crippen LogP contribution in [0.15, 0.2) is 18.3 Å². The molecule has 1 saturated heterocycles. The molecule has 0 spiro atoms. The van der Waals surface area contributed by atoms with Crippen molar-refractivity contribution in [2.45, 2.75) is 19.4 Å².